The Balaban J connectivity index is 1.90. The van der Waals surface area contributed by atoms with Crippen LogP contribution in [0, 0.1) is 5.92 Å². The highest BCUT2D eigenvalue weighted by atomic mass is 35.5. The average Bonchev–Trinajstić information content (AvgIpc) is 2.91. The Bertz CT molecular complexity index is 444. The van der Waals surface area contributed by atoms with Crippen LogP contribution in [0.5, 0.6) is 11.5 Å². The molecule has 1 aromatic carbocycles. The van der Waals surface area contributed by atoms with E-state index in [0.29, 0.717) is 24.2 Å². The molecule has 3 nitrogen and oxygen atoms in total. The topological polar surface area (TPSA) is 44.5 Å². The van der Waals surface area contributed by atoms with Crippen molar-refractivity contribution in [3.63, 3.8) is 0 Å². The van der Waals surface area contributed by atoms with Crippen molar-refractivity contribution in [3.8, 4) is 11.5 Å². The Hall–Kier alpha value is -0.930. The summed E-state index contributed by atoms with van der Waals surface area (Å²) in [6.45, 7) is 1.17. The minimum Gasteiger partial charge on any atom is -0.486 e. The number of hydrogen-bond donors (Lipinski definition) is 1. The van der Waals surface area contributed by atoms with Gasteiger partial charge in [-0.25, -0.2) is 0 Å². The van der Waals surface area contributed by atoms with Crippen LogP contribution in [-0.4, -0.2) is 13.2 Å². The zero-order valence-electron chi connectivity index (χ0n) is 10.3. The van der Waals surface area contributed by atoms with E-state index in [0.717, 1.165) is 17.1 Å². The van der Waals surface area contributed by atoms with Crippen molar-refractivity contribution in [3.05, 3.63) is 22.7 Å². The zero-order valence-corrected chi connectivity index (χ0v) is 11.1. The molecule has 1 unspecified atom stereocenters. The van der Waals surface area contributed by atoms with E-state index in [1.54, 1.807) is 0 Å². The maximum atomic E-state index is 6.35. The molecule has 2 N–H and O–H groups in total. The Labute approximate surface area is 112 Å². The summed E-state index contributed by atoms with van der Waals surface area (Å²) in [5.41, 5.74) is 7.35. The summed E-state index contributed by atoms with van der Waals surface area (Å²) in [6, 6.07) is 3.80. The molecule has 0 radical (unpaired) electrons. The largest absolute Gasteiger partial charge is 0.486 e. The zero-order chi connectivity index (χ0) is 12.5. The van der Waals surface area contributed by atoms with Gasteiger partial charge in [-0.3, -0.25) is 0 Å². The van der Waals surface area contributed by atoms with Gasteiger partial charge in [-0.2, -0.15) is 0 Å². The van der Waals surface area contributed by atoms with Crippen LogP contribution in [0.3, 0.4) is 0 Å². The maximum Gasteiger partial charge on any atom is 0.162 e. The van der Waals surface area contributed by atoms with Crippen molar-refractivity contribution in [1.82, 2.24) is 0 Å². The van der Waals surface area contributed by atoms with Crippen LogP contribution in [0.1, 0.15) is 37.3 Å². The molecule has 1 aliphatic carbocycles. The third-order valence-corrected chi connectivity index (χ3v) is 4.26. The third kappa shape index (κ3) is 2.17. The summed E-state index contributed by atoms with van der Waals surface area (Å²) < 4.78 is 11.1. The Morgan fingerprint density at radius 3 is 2.39 bits per heavy atom. The van der Waals surface area contributed by atoms with E-state index >= 15 is 0 Å². The second-order valence-electron chi connectivity index (χ2n) is 5.09. The molecule has 0 saturated heterocycles. The van der Waals surface area contributed by atoms with Gasteiger partial charge in [0.2, 0.25) is 0 Å². The molecule has 2 aliphatic rings. The highest BCUT2D eigenvalue weighted by Crippen LogP contribution is 2.41. The highest BCUT2D eigenvalue weighted by molar-refractivity contribution is 6.31. The summed E-state index contributed by atoms with van der Waals surface area (Å²) >= 11 is 6.32. The van der Waals surface area contributed by atoms with Crippen LogP contribution in [0.2, 0.25) is 5.02 Å². The number of hydrogen-bond acceptors (Lipinski definition) is 3. The van der Waals surface area contributed by atoms with Gasteiger partial charge in [0.15, 0.2) is 11.5 Å². The lowest BCUT2D eigenvalue weighted by Crippen LogP contribution is -2.21. The molecule has 1 aromatic rings. The maximum absolute atomic E-state index is 6.35. The monoisotopic (exact) mass is 267 g/mol. The van der Waals surface area contributed by atoms with E-state index in [2.05, 4.69) is 0 Å². The van der Waals surface area contributed by atoms with Crippen molar-refractivity contribution >= 4 is 11.6 Å². The van der Waals surface area contributed by atoms with E-state index < -0.39 is 0 Å². The highest BCUT2D eigenvalue weighted by Gasteiger charge is 2.26. The van der Waals surface area contributed by atoms with Gasteiger partial charge in [-0.1, -0.05) is 24.4 Å². The van der Waals surface area contributed by atoms with Gasteiger partial charge in [0.1, 0.15) is 13.2 Å². The van der Waals surface area contributed by atoms with Crippen LogP contribution < -0.4 is 15.2 Å². The van der Waals surface area contributed by atoms with Crippen LogP contribution >= 0.6 is 11.6 Å². The number of ether oxygens (including phenoxy) is 2. The van der Waals surface area contributed by atoms with E-state index in [1.807, 2.05) is 12.1 Å². The van der Waals surface area contributed by atoms with Crippen molar-refractivity contribution < 1.29 is 9.47 Å². The van der Waals surface area contributed by atoms with Gasteiger partial charge in [0.25, 0.3) is 0 Å². The first-order chi connectivity index (χ1) is 8.75. The molecule has 1 heterocycles. The van der Waals surface area contributed by atoms with Gasteiger partial charge < -0.3 is 15.2 Å². The molecule has 98 valence electrons. The van der Waals surface area contributed by atoms with E-state index in [9.17, 15) is 0 Å². The van der Waals surface area contributed by atoms with E-state index in [1.165, 1.54) is 25.7 Å². The fourth-order valence-electron chi connectivity index (χ4n) is 2.91. The van der Waals surface area contributed by atoms with Gasteiger partial charge >= 0.3 is 0 Å². The molecule has 1 aliphatic heterocycles. The van der Waals surface area contributed by atoms with Crippen LogP contribution in [-0.2, 0) is 0 Å². The summed E-state index contributed by atoms with van der Waals surface area (Å²) in [5.74, 6) is 2.05. The molecule has 1 atom stereocenters. The first-order valence-electron chi connectivity index (χ1n) is 6.60. The van der Waals surface area contributed by atoms with Gasteiger partial charge in [0, 0.05) is 17.1 Å². The van der Waals surface area contributed by atoms with Crippen molar-refractivity contribution in [2.45, 2.75) is 31.7 Å². The fraction of sp³-hybridized carbons (Fsp3) is 0.571. The first-order valence-corrected chi connectivity index (χ1v) is 6.98. The molecule has 0 amide bonds. The minimum absolute atomic E-state index is 0.0100. The lowest BCUT2D eigenvalue weighted by atomic mass is 9.92. The normalized spacial score (nSPS) is 21.0. The SMILES string of the molecule is NC(c1cc2c(cc1Cl)OCCO2)C1CCCC1. The third-order valence-electron chi connectivity index (χ3n) is 3.93. The molecule has 0 aromatic heterocycles. The number of fused-ring (bicyclic) bond motifs is 1. The van der Waals surface area contributed by atoms with Crippen LogP contribution in [0.15, 0.2) is 12.1 Å². The van der Waals surface area contributed by atoms with Crippen molar-refractivity contribution in [1.29, 1.82) is 0 Å². The summed E-state index contributed by atoms with van der Waals surface area (Å²) in [4.78, 5) is 0. The Kier molecular flexibility index (Phi) is 3.35. The molecular weight excluding hydrogens is 250 g/mol. The summed E-state index contributed by atoms with van der Waals surface area (Å²) in [7, 11) is 0. The lowest BCUT2D eigenvalue weighted by Gasteiger charge is -2.24. The second kappa shape index (κ2) is 4.98. The first kappa shape index (κ1) is 12.1. The number of nitrogens with two attached hydrogens (primary N) is 1. The van der Waals surface area contributed by atoms with Crippen LogP contribution in [0.25, 0.3) is 0 Å². The molecular formula is C14H18ClNO2. The Morgan fingerprint density at radius 1 is 1.11 bits per heavy atom. The van der Waals surface area contributed by atoms with Gasteiger partial charge in [-0.05, 0) is 30.4 Å². The molecule has 3 rings (SSSR count). The number of halogens is 1. The smallest absolute Gasteiger partial charge is 0.162 e. The molecule has 4 heteroatoms. The Morgan fingerprint density at radius 2 is 1.72 bits per heavy atom. The number of rotatable bonds is 2. The second-order valence-corrected chi connectivity index (χ2v) is 5.49. The van der Waals surface area contributed by atoms with Crippen LogP contribution in [0.4, 0.5) is 0 Å². The number of benzene rings is 1. The fourth-order valence-corrected chi connectivity index (χ4v) is 3.19. The predicted octanol–water partition coefficient (Wildman–Crippen LogP) is 3.30. The minimum atomic E-state index is 0.0100. The predicted molar refractivity (Wildman–Crippen MR) is 71.3 cm³/mol. The van der Waals surface area contributed by atoms with Crippen molar-refractivity contribution in [2.75, 3.05) is 13.2 Å². The summed E-state index contributed by atoms with van der Waals surface area (Å²) in [6.07, 6.45) is 4.96. The molecule has 1 fully saturated rings. The average molecular weight is 268 g/mol. The molecule has 0 bridgehead atoms. The van der Waals surface area contributed by atoms with Crippen molar-refractivity contribution in [2.24, 2.45) is 11.7 Å². The lowest BCUT2D eigenvalue weighted by molar-refractivity contribution is 0.171. The van der Waals surface area contributed by atoms with Gasteiger partial charge in [0.05, 0.1) is 0 Å². The summed E-state index contributed by atoms with van der Waals surface area (Å²) in [5, 5.41) is 0.693. The molecule has 18 heavy (non-hydrogen) atoms. The molecule has 0 spiro atoms. The molecule has 1 saturated carbocycles. The standard InChI is InChI=1S/C14H18ClNO2/c15-11-8-13-12(17-5-6-18-13)7-10(11)14(16)9-3-1-2-4-9/h7-9,14H,1-6,16H2. The van der Waals surface area contributed by atoms with E-state index in [-0.39, 0.29) is 6.04 Å². The van der Waals surface area contributed by atoms with E-state index in [4.69, 9.17) is 26.8 Å². The van der Waals surface area contributed by atoms with Gasteiger partial charge in [-0.15, -0.1) is 0 Å². The quantitative estimate of drug-likeness (QED) is 0.894.